The van der Waals surface area contributed by atoms with Gasteiger partial charge in [-0.25, -0.2) is 4.79 Å². The number of ether oxygens (including phenoxy) is 1. The summed E-state index contributed by atoms with van der Waals surface area (Å²) in [5, 5.41) is 3.02. The third kappa shape index (κ3) is 1.80. The summed E-state index contributed by atoms with van der Waals surface area (Å²) in [6.07, 6.45) is 0.878. The Kier molecular flexibility index (Phi) is 2.65. The molecular formula is C8H13NO2. The van der Waals surface area contributed by atoms with Crippen molar-refractivity contribution in [3.63, 3.8) is 0 Å². The first-order chi connectivity index (χ1) is 5.25. The normalized spacial score (nSPS) is 23.7. The van der Waals surface area contributed by atoms with Gasteiger partial charge in [-0.2, -0.15) is 0 Å². The second kappa shape index (κ2) is 3.53. The summed E-state index contributed by atoms with van der Waals surface area (Å²) in [5.74, 6) is -0.199. The first-order valence-corrected chi connectivity index (χ1v) is 3.83. The van der Waals surface area contributed by atoms with Gasteiger partial charge >= 0.3 is 5.97 Å². The predicted octanol–water partition coefficient (Wildman–Crippen LogP) is 0.468. The van der Waals surface area contributed by atoms with E-state index in [0.29, 0.717) is 6.61 Å². The van der Waals surface area contributed by atoms with Gasteiger partial charge < -0.3 is 10.1 Å². The van der Waals surface area contributed by atoms with Crippen LogP contribution in [0, 0.1) is 0 Å². The Morgan fingerprint density at radius 2 is 2.64 bits per heavy atom. The van der Waals surface area contributed by atoms with Crippen LogP contribution in [-0.4, -0.2) is 25.2 Å². The van der Waals surface area contributed by atoms with E-state index in [1.54, 1.807) is 6.92 Å². The molecule has 1 unspecified atom stereocenters. The lowest BCUT2D eigenvalue weighted by Crippen LogP contribution is -2.33. The molecule has 1 aliphatic rings. The first-order valence-electron chi connectivity index (χ1n) is 3.83. The smallest absolute Gasteiger partial charge is 0.327 e. The second-order valence-corrected chi connectivity index (χ2v) is 2.55. The highest BCUT2D eigenvalue weighted by Crippen LogP contribution is 2.12. The van der Waals surface area contributed by atoms with E-state index in [9.17, 15) is 4.79 Å². The van der Waals surface area contributed by atoms with Crippen LogP contribution in [0.4, 0.5) is 0 Å². The van der Waals surface area contributed by atoms with Crippen LogP contribution >= 0.6 is 0 Å². The number of carbonyl (C=O) groups excluding carboxylic acids is 1. The number of carbonyl (C=O) groups is 1. The number of nitrogens with one attached hydrogen (secondary N) is 1. The summed E-state index contributed by atoms with van der Waals surface area (Å²) < 4.78 is 4.83. The zero-order valence-corrected chi connectivity index (χ0v) is 6.72. The lowest BCUT2D eigenvalue weighted by Gasteiger charge is -2.09. The molecule has 3 nitrogen and oxygen atoms in total. The standard InChI is InChI=1S/C8H13NO2/c1-3-11-8(10)7-6(2)4-5-9-7/h7,9H,2-5H2,1H3. The SMILES string of the molecule is C=C1CCNC1C(=O)OCC. The fourth-order valence-corrected chi connectivity index (χ4v) is 1.14. The van der Waals surface area contributed by atoms with E-state index in [2.05, 4.69) is 11.9 Å². The molecule has 0 aromatic carbocycles. The van der Waals surface area contributed by atoms with Crippen LogP contribution in [-0.2, 0) is 9.53 Å². The number of rotatable bonds is 2. The number of esters is 1. The topological polar surface area (TPSA) is 38.3 Å². The van der Waals surface area contributed by atoms with Crippen LogP contribution in [0.25, 0.3) is 0 Å². The molecule has 1 saturated heterocycles. The Hall–Kier alpha value is -0.830. The molecule has 0 aromatic rings. The van der Waals surface area contributed by atoms with Gasteiger partial charge in [-0.1, -0.05) is 6.58 Å². The molecular weight excluding hydrogens is 142 g/mol. The zero-order chi connectivity index (χ0) is 8.27. The molecule has 3 heteroatoms. The largest absolute Gasteiger partial charge is 0.465 e. The van der Waals surface area contributed by atoms with E-state index in [-0.39, 0.29) is 12.0 Å². The molecule has 62 valence electrons. The summed E-state index contributed by atoms with van der Waals surface area (Å²) >= 11 is 0. The van der Waals surface area contributed by atoms with Crippen molar-refractivity contribution in [3.05, 3.63) is 12.2 Å². The van der Waals surface area contributed by atoms with Gasteiger partial charge in [0.2, 0.25) is 0 Å². The molecule has 1 heterocycles. The minimum Gasteiger partial charge on any atom is -0.465 e. The molecule has 0 amide bonds. The van der Waals surface area contributed by atoms with Gasteiger partial charge in [0.25, 0.3) is 0 Å². The maximum atomic E-state index is 11.1. The average Bonchev–Trinajstić information content (AvgIpc) is 2.36. The van der Waals surface area contributed by atoms with Gasteiger partial charge in [0.1, 0.15) is 6.04 Å². The van der Waals surface area contributed by atoms with Crippen molar-refractivity contribution >= 4 is 5.97 Å². The quantitative estimate of drug-likeness (QED) is 0.465. The highest BCUT2D eigenvalue weighted by Gasteiger charge is 2.26. The summed E-state index contributed by atoms with van der Waals surface area (Å²) in [5.41, 5.74) is 0.934. The van der Waals surface area contributed by atoms with E-state index >= 15 is 0 Å². The maximum Gasteiger partial charge on any atom is 0.327 e. The maximum absolute atomic E-state index is 11.1. The molecule has 11 heavy (non-hydrogen) atoms. The van der Waals surface area contributed by atoms with Crippen LogP contribution < -0.4 is 5.32 Å². The molecule has 0 spiro atoms. The molecule has 1 rings (SSSR count). The van der Waals surface area contributed by atoms with Crippen LogP contribution in [0.2, 0.25) is 0 Å². The Bertz CT molecular complexity index is 177. The van der Waals surface area contributed by atoms with E-state index in [0.717, 1.165) is 18.5 Å². The predicted molar refractivity (Wildman–Crippen MR) is 42.2 cm³/mol. The molecule has 1 aliphatic heterocycles. The molecule has 0 aliphatic carbocycles. The van der Waals surface area contributed by atoms with Gasteiger partial charge in [0.05, 0.1) is 6.61 Å². The van der Waals surface area contributed by atoms with Crippen molar-refractivity contribution < 1.29 is 9.53 Å². The van der Waals surface area contributed by atoms with Crippen LogP contribution in [0.15, 0.2) is 12.2 Å². The van der Waals surface area contributed by atoms with E-state index < -0.39 is 0 Å². The third-order valence-corrected chi connectivity index (χ3v) is 1.73. The number of hydrogen-bond donors (Lipinski definition) is 1. The molecule has 0 aromatic heterocycles. The summed E-state index contributed by atoms with van der Waals surface area (Å²) in [6.45, 7) is 6.85. The Morgan fingerprint density at radius 3 is 3.09 bits per heavy atom. The zero-order valence-electron chi connectivity index (χ0n) is 6.72. The Morgan fingerprint density at radius 1 is 1.91 bits per heavy atom. The summed E-state index contributed by atoms with van der Waals surface area (Å²) in [6, 6.07) is -0.255. The number of hydrogen-bond acceptors (Lipinski definition) is 3. The van der Waals surface area contributed by atoms with E-state index in [1.165, 1.54) is 0 Å². The second-order valence-electron chi connectivity index (χ2n) is 2.55. The van der Waals surface area contributed by atoms with Crippen molar-refractivity contribution in [2.45, 2.75) is 19.4 Å². The van der Waals surface area contributed by atoms with E-state index in [1.807, 2.05) is 0 Å². The molecule has 1 N–H and O–H groups in total. The highest BCUT2D eigenvalue weighted by molar-refractivity contribution is 5.80. The molecule has 0 radical (unpaired) electrons. The molecule has 1 atom stereocenters. The third-order valence-electron chi connectivity index (χ3n) is 1.73. The lowest BCUT2D eigenvalue weighted by atomic mass is 10.1. The summed E-state index contributed by atoms with van der Waals surface area (Å²) in [4.78, 5) is 11.1. The fraction of sp³-hybridized carbons (Fsp3) is 0.625. The Balaban J connectivity index is 2.46. The van der Waals surface area contributed by atoms with Crippen molar-refractivity contribution in [2.24, 2.45) is 0 Å². The van der Waals surface area contributed by atoms with Crippen LogP contribution in [0.3, 0.4) is 0 Å². The molecule has 1 fully saturated rings. The summed E-state index contributed by atoms with van der Waals surface area (Å²) in [7, 11) is 0. The van der Waals surface area contributed by atoms with E-state index in [4.69, 9.17) is 4.74 Å². The van der Waals surface area contributed by atoms with Gasteiger partial charge in [0.15, 0.2) is 0 Å². The van der Waals surface area contributed by atoms with Gasteiger partial charge in [-0.05, 0) is 18.9 Å². The van der Waals surface area contributed by atoms with Crippen molar-refractivity contribution in [1.82, 2.24) is 5.32 Å². The van der Waals surface area contributed by atoms with Crippen LogP contribution in [0.1, 0.15) is 13.3 Å². The van der Waals surface area contributed by atoms with Crippen molar-refractivity contribution in [3.8, 4) is 0 Å². The van der Waals surface area contributed by atoms with Gasteiger partial charge in [-0.15, -0.1) is 0 Å². The minimum absolute atomic E-state index is 0.199. The first kappa shape index (κ1) is 8.27. The van der Waals surface area contributed by atoms with Crippen LogP contribution in [0.5, 0.6) is 0 Å². The van der Waals surface area contributed by atoms with Crippen molar-refractivity contribution in [2.75, 3.05) is 13.2 Å². The fourth-order valence-electron chi connectivity index (χ4n) is 1.14. The molecule has 0 saturated carbocycles. The average molecular weight is 155 g/mol. The van der Waals surface area contributed by atoms with Crippen molar-refractivity contribution in [1.29, 1.82) is 0 Å². The van der Waals surface area contributed by atoms with Gasteiger partial charge in [-0.3, -0.25) is 0 Å². The Labute approximate surface area is 66.4 Å². The highest BCUT2D eigenvalue weighted by atomic mass is 16.5. The lowest BCUT2D eigenvalue weighted by molar-refractivity contribution is -0.144. The minimum atomic E-state index is -0.255. The van der Waals surface area contributed by atoms with Gasteiger partial charge in [0, 0.05) is 6.54 Å². The monoisotopic (exact) mass is 155 g/mol. The molecule has 0 bridgehead atoms.